The first-order valence-corrected chi connectivity index (χ1v) is 8.65. The lowest BCUT2D eigenvalue weighted by atomic mass is 10.1. The van der Waals surface area contributed by atoms with Gasteiger partial charge in [0.1, 0.15) is 18.6 Å². The largest absolute Gasteiger partial charge is 0.352 e. The number of benzene rings is 2. The number of carbonyl (C=O) groups is 2. The summed E-state index contributed by atoms with van der Waals surface area (Å²) >= 11 is 0. The van der Waals surface area contributed by atoms with Crippen LogP contribution in [0.3, 0.4) is 0 Å². The van der Waals surface area contributed by atoms with Gasteiger partial charge in [0.2, 0.25) is 5.91 Å². The van der Waals surface area contributed by atoms with Gasteiger partial charge in [-0.1, -0.05) is 30.3 Å². The number of aldehydes is 1. The van der Waals surface area contributed by atoms with Crippen molar-refractivity contribution in [3.05, 3.63) is 70.4 Å². The molecule has 0 spiro atoms. The van der Waals surface area contributed by atoms with Gasteiger partial charge < -0.3 is 10.1 Å². The molecule has 0 radical (unpaired) electrons. The van der Waals surface area contributed by atoms with Crippen molar-refractivity contribution in [2.75, 3.05) is 0 Å². The monoisotopic (exact) mass is 369 g/mol. The van der Waals surface area contributed by atoms with Crippen LogP contribution >= 0.6 is 0 Å². The summed E-state index contributed by atoms with van der Waals surface area (Å²) in [6.07, 6.45) is 1.25. The van der Waals surface area contributed by atoms with E-state index in [1.54, 1.807) is 0 Å². The lowest BCUT2D eigenvalue weighted by molar-refractivity contribution is -0.122. The fraction of sp³-hybridized carbons (Fsp3) is 0.250. The smallest absolute Gasteiger partial charge is 0.329 e. The molecule has 1 amide bonds. The van der Waals surface area contributed by atoms with Gasteiger partial charge in [-0.25, -0.2) is 9.18 Å². The molecule has 0 aliphatic carbocycles. The number of aromatic nitrogens is 2. The highest BCUT2D eigenvalue weighted by Crippen LogP contribution is 2.15. The lowest BCUT2D eigenvalue weighted by Crippen LogP contribution is -2.38. The number of hydrogen-bond donors (Lipinski definition) is 1. The Balaban J connectivity index is 1.80. The number of amides is 1. The molecule has 0 fully saturated rings. The van der Waals surface area contributed by atoms with Gasteiger partial charge in [0, 0.05) is 6.04 Å². The zero-order chi connectivity index (χ0) is 19.4. The molecule has 3 aromatic rings. The van der Waals surface area contributed by atoms with Gasteiger partial charge in [-0.15, -0.1) is 0 Å². The van der Waals surface area contributed by atoms with Gasteiger partial charge in [0.25, 0.3) is 0 Å². The highest BCUT2D eigenvalue weighted by atomic mass is 19.1. The summed E-state index contributed by atoms with van der Waals surface area (Å²) in [6, 6.07) is 13.4. The summed E-state index contributed by atoms with van der Waals surface area (Å²) in [5.41, 5.74) is 1.27. The van der Waals surface area contributed by atoms with Crippen molar-refractivity contribution in [3.63, 3.8) is 0 Å². The zero-order valence-corrected chi connectivity index (χ0v) is 14.9. The average Bonchev–Trinajstić information content (AvgIpc) is 2.88. The molecular formula is C20H20FN3O3. The fourth-order valence-corrected chi connectivity index (χ4v) is 3.18. The number of carbonyl (C=O) groups excluding carboxylic acids is 2. The number of imidazole rings is 1. The summed E-state index contributed by atoms with van der Waals surface area (Å²) in [5.74, 6) is -0.868. The minimum Gasteiger partial charge on any atom is -0.352 e. The minimum absolute atomic E-state index is 0.129. The molecule has 3 rings (SSSR count). The highest BCUT2D eigenvalue weighted by Gasteiger charge is 2.17. The Labute approximate surface area is 155 Å². The molecule has 27 heavy (non-hydrogen) atoms. The maximum atomic E-state index is 13.6. The third-order valence-corrected chi connectivity index (χ3v) is 4.33. The van der Waals surface area contributed by atoms with Crippen LogP contribution in [-0.2, 0) is 29.1 Å². The number of rotatable bonds is 7. The van der Waals surface area contributed by atoms with Gasteiger partial charge in [-0.05, 0) is 37.1 Å². The van der Waals surface area contributed by atoms with E-state index in [-0.39, 0.29) is 30.6 Å². The van der Waals surface area contributed by atoms with Crippen molar-refractivity contribution in [2.45, 2.75) is 32.5 Å². The van der Waals surface area contributed by atoms with Crippen molar-refractivity contribution in [2.24, 2.45) is 0 Å². The van der Waals surface area contributed by atoms with Crippen molar-refractivity contribution in [1.29, 1.82) is 0 Å². The Morgan fingerprint density at radius 1 is 1.15 bits per heavy atom. The van der Waals surface area contributed by atoms with Gasteiger partial charge in [0.05, 0.1) is 17.6 Å². The second-order valence-electron chi connectivity index (χ2n) is 6.44. The highest BCUT2D eigenvalue weighted by molar-refractivity contribution is 5.81. The Hall–Kier alpha value is -3.22. The lowest BCUT2D eigenvalue weighted by Gasteiger charge is -2.14. The van der Waals surface area contributed by atoms with E-state index in [2.05, 4.69) is 5.32 Å². The van der Waals surface area contributed by atoms with Gasteiger partial charge in [0.15, 0.2) is 0 Å². The number of hydrogen-bond acceptors (Lipinski definition) is 3. The van der Waals surface area contributed by atoms with E-state index in [4.69, 9.17) is 0 Å². The van der Waals surface area contributed by atoms with Crippen LogP contribution in [0.4, 0.5) is 4.39 Å². The molecule has 140 valence electrons. The third-order valence-electron chi connectivity index (χ3n) is 4.33. The molecule has 1 aromatic heterocycles. The molecule has 1 heterocycles. The summed E-state index contributed by atoms with van der Waals surface area (Å²) in [4.78, 5) is 35.8. The van der Waals surface area contributed by atoms with Crippen LogP contribution in [0.25, 0.3) is 11.0 Å². The Kier molecular flexibility index (Phi) is 5.49. The van der Waals surface area contributed by atoms with Crippen LogP contribution in [0.1, 0.15) is 12.5 Å². The van der Waals surface area contributed by atoms with Crippen molar-refractivity contribution >= 4 is 23.2 Å². The zero-order valence-electron chi connectivity index (χ0n) is 14.9. The molecule has 1 unspecified atom stereocenters. The van der Waals surface area contributed by atoms with E-state index >= 15 is 0 Å². The van der Waals surface area contributed by atoms with E-state index < -0.39 is 11.5 Å². The first-order valence-electron chi connectivity index (χ1n) is 8.65. The van der Waals surface area contributed by atoms with E-state index in [1.165, 1.54) is 27.3 Å². The molecule has 6 nitrogen and oxygen atoms in total. The third kappa shape index (κ3) is 4.13. The maximum absolute atomic E-state index is 13.6. The van der Waals surface area contributed by atoms with E-state index in [0.717, 1.165) is 5.56 Å². The fourth-order valence-electron chi connectivity index (χ4n) is 3.18. The molecule has 1 N–H and O–H groups in total. The van der Waals surface area contributed by atoms with Crippen LogP contribution in [0.2, 0.25) is 0 Å². The molecule has 0 bridgehead atoms. The predicted molar refractivity (Wildman–Crippen MR) is 100.0 cm³/mol. The Bertz CT molecular complexity index is 1020. The van der Waals surface area contributed by atoms with E-state index in [0.29, 0.717) is 18.2 Å². The van der Waals surface area contributed by atoms with Gasteiger partial charge in [-0.2, -0.15) is 0 Å². The average molecular weight is 369 g/mol. The van der Waals surface area contributed by atoms with Crippen LogP contribution in [0.5, 0.6) is 0 Å². The molecular weight excluding hydrogens is 349 g/mol. The normalized spacial score (nSPS) is 12.1. The second kappa shape index (κ2) is 7.99. The first kappa shape index (κ1) is 18.6. The molecule has 0 aliphatic rings. The van der Waals surface area contributed by atoms with Gasteiger partial charge in [-0.3, -0.25) is 13.9 Å². The first-order chi connectivity index (χ1) is 13.0. The molecule has 1 atom stereocenters. The topological polar surface area (TPSA) is 73.1 Å². The van der Waals surface area contributed by atoms with Crippen LogP contribution in [0.15, 0.2) is 53.3 Å². The Morgan fingerprint density at radius 2 is 1.89 bits per heavy atom. The van der Waals surface area contributed by atoms with Crippen LogP contribution < -0.4 is 11.0 Å². The summed E-state index contributed by atoms with van der Waals surface area (Å²) in [6.45, 7) is 1.48. The van der Waals surface area contributed by atoms with E-state index in [1.807, 2.05) is 37.3 Å². The molecule has 7 heteroatoms. The molecule has 0 aliphatic heterocycles. The standard InChI is InChI=1S/C20H20FN3O3/c1-14(11-15-5-3-2-4-6-15)22-19(26)13-24-18-12-16(21)7-8-17(18)23(9-10-25)20(24)27/h2-8,10,12,14H,9,11,13H2,1H3,(H,22,26). The van der Waals surface area contributed by atoms with Crippen molar-refractivity contribution < 1.29 is 14.0 Å². The predicted octanol–water partition coefficient (Wildman–Crippen LogP) is 1.89. The number of halogens is 1. The second-order valence-corrected chi connectivity index (χ2v) is 6.44. The van der Waals surface area contributed by atoms with Gasteiger partial charge >= 0.3 is 5.69 Å². The van der Waals surface area contributed by atoms with Crippen LogP contribution in [-0.4, -0.2) is 27.4 Å². The SMILES string of the molecule is CC(Cc1ccccc1)NC(=O)Cn1c(=O)n(CC=O)c2ccc(F)cc21. The van der Waals surface area contributed by atoms with E-state index in [9.17, 15) is 18.8 Å². The number of nitrogens with zero attached hydrogens (tertiary/aromatic N) is 2. The summed E-state index contributed by atoms with van der Waals surface area (Å²) in [7, 11) is 0. The summed E-state index contributed by atoms with van der Waals surface area (Å²) in [5, 5.41) is 2.85. The Morgan fingerprint density at radius 3 is 2.59 bits per heavy atom. The number of nitrogens with one attached hydrogen (secondary N) is 1. The van der Waals surface area contributed by atoms with Crippen LogP contribution in [0, 0.1) is 5.82 Å². The molecule has 0 saturated carbocycles. The van der Waals surface area contributed by atoms with Crippen molar-refractivity contribution in [1.82, 2.24) is 14.5 Å². The quantitative estimate of drug-likeness (QED) is 0.647. The van der Waals surface area contributed by atoms with Crippen molar-refractivity contribution in [3.8, 4) is 0 Å². The summed E-state index contributed by atoms with van der Waals surface area (Å²) < 4.78 is 16.1. The molecule has 2 aromatic carbocycles. The number of fused-ring (bicyclic) bond motifs is 1. The maximum Gasteiger partial charge on any atom is 0.329 e. The minimum atomic E-state index is -0.520. The molecule has 0 saturated heterocycles.